The molecule has 0 aliphatic rings. The minimum atomic E-state index is -0.565. The molecule has 0 aliphatic carbocycles. The standard InChI is InChI=1S/C15H16N2O2/c1-2-10-3-5-11(6-4-10)19-12-7-8-14(16)13(9-12)15(17)18/h3-9H,2,16H2,1H3,(H2,17,18). The molecule has 2 aromatic carbocycles. The van der Waals surface area contributed by atoms with Gasteiger partial charge in [-0.1, -0.05) is 19.1 Å². The minimum absolute atomic E-state index is 0.266. The Morgan fingerprint density at radius 3 is 2.32 bits per heavy atom. The van der Waals surface area contributed by atoms with Gasteiger partial charge < -0.3 is 16.2 Å². The molecule has 0 spiro atoms. The number of hydrogen-bond donors (Lipinski definition) is 2. The second kappa shape index (κ2) is 5.44. The lowest BCUT2D eigenvalue weighted by Crippen LogP contribution is -2.13. The van der Waals surface area contributed by atoms with E-state index in [1.165, 1.54) is 5.56 Å². The number of rotatable bonds is 4. The fourth-order valence-corrected chi connectivity index (χ4v) is 1.74. The summed E-state index contributed by atoms with van der Waals surface area (Å²) in [6.07, 6.45) is 0.980. The maximum atomic E-state index is 11.2. The molecule has 19 heavy (non-hydrogen) atoms. The van der Waals surface area contributed by atoms with Crippen molar-refractivity contribution in [1.82, 2.24) is 0 Å². The predicted octanol–water partition coefficient (Wildman–Crippen LogP) is 2.72. The largest absolute Gasteiger partial charge is 0.457 e. The zero-order chi connectivity index (χ0) is 13.8. The highest BCUT2D eigenvalue weighted by Crippen LogP contribution is 2.25. The van der Waals surface area contributed by atoms with Crippen LogP contribution in [0.5, 0.6) is 11.5 Å². The van der Waals surface area contributed by atoms with Crippen LogP contribution in [0.4, 0.5) is 5.69 Å². The molecule has 0 radical (unpaired) electrons. The smallest absolute Gasteiger partial charge is 0.250 e. The summed E-state index contributed by atoms with van der Waals surface area (Å²) in [5.41, 5.74) is 12.8. The Morgan fingerprint density at radius 1 is 1.11 bits per heavy atom. The third-order valence-corrected chi connectivity index (χ3v) is 2.86. The molecule has 0 fully saturated rings. The summed E-state index contributed by atoms with van der Waals surface area (Å²) in [6, 6.07) is 12.6. The second-order valence-electron chi connectivity index (χ2n) is 4.21. The normalized spacial score (nSPS) is 10.2. The number of primary amides is 1. The molecule has 0 saturated carbocycles. The van der Waals surface area contributed by atoms with E-state index in [1.54, 1.807) is 18.2 Å². The SMILES string of the molecule is CCc1ccc(Oc2ccc(N)c(C(N)=O)c2)cc1. The van der Waals surface area contributed by atoms with E-state index in [2.05, 4.69) is 6.92 Å². The van der Waals surface area contributed by atoms with Crippen molar-refractivity contribution in [1.29, 1.82) is 0 Å². The minimum Gasteiger partial charge on any atom is -0.457 e. The molecule has 0 bridgehead atoms. The zero-order valence-corrected chi connectivity index (χ0v) is 10.7. The molecular formula is C15H16N2O2. The number of carbonyl (C=O) groups is 1. The Hall–Kier alpha value is -2.49. The Balaban J connectivity index is 2.22. The van der Waals surface area contributed by atoms with Gasteiger partial charge in [0.15, 0.2) is 0 Å². The van der Waals surface area contributed by atoms with E-state index < -0.39 is 5.91 Å². The molecule has 0 unspecified atom stereocenters. The monoisotopic (exact) mass is 256 g/mol. The Kier molecular flexibility index (Phi) is 3.71. The zero-order valence-electron chi connectivity index (χ0n) is 10.7. The number of nitrogens with two attached hydrogens (primary N) is 2. The van der Waals surface area contributed by atoms with Crippen LogP contribution in [0.1, 0.15) is 22.8 Å². The lowest BCUT2D eigenvalue weighted by molar-refractivity contribution is 0.100. The van der Waals surface area contributed by atoms with Crippen molar-refractivity contribution in [3.8, 4) is 11.5 Å². The van der Waals surface area contributed by atoms with Crippen LogP contribution < -0.4 is 16.2 Å². The number of nitrogen functional groups attached to an aromatic ring is 1. The second-order valence-corrected chi connectivity index (χ2v) is 4.21. The fourth-order valence-electron chi connectivity index (χ4n) is 1.74. The van der Waals surface area contributed by atoms with E-state index in [1.807, 2.05) is 24.3 Å². The third kappa shape index (κ3) is 3.04. The van der Waals surface area contributed by atoms with Gasteiger partial charge in [-0.2, -0.15) is 0 Å². The lowest BCUT2D eigenvalue weighted by Gasteiger charge is -2.08. The topological polar surface area (TPSA) is 78.3 Å². The van der Waals surface area contributed by atoms with Gasteiger partial charge in [-0.05, 0) is 42.3 Å². The van der Waals surface area contributed by atoms with Crippen molar-refractivity contribution >= 4 is 11.6 Å². The van der Waals surface area contributed by atoms with Crippen LogP contribution in [0.25, 0.3) is 0 Å². The average Bonchev–Trinajstić information content (AvgIpc) is 2.41. The molecule has 4 nitrogen and oxygen atoms in total. The van der Waals surface area contributed by atoms with Crippen LogP contribution in [0, 0.1) is 0 Å². The van der Waals surface area contributed by atoms with Gasteiger partial charge in [0.05, 0.1) is 5.56 Å². The molecule has 98 valence electrons. The number of carbonyl (C=O) groups excluding carboxylic acids is 1. The maximum absolute atomic E-state index is 11.2. The van der Waals surface area contributed by atoms with Gasteiger partial charge in [0.25, 0.3) is 5.91 Å². The third-order valence-electron chi connectivity index (χ3n) is 2.86. The van der Waals surface area contributed by atoms with Gasteiger partial charge in [0.1, 0.15) is 11.5 Å². The summed E-state index contributed by atoms with van der Waals surface area (Å²) in [6.45, 7) is 2.09. The summed E-state index contributed by atoms with van der Waals surface area (Å²) in [7, 11) is 0. The number of hydrogen-bond acceptors (Lipinski definition) is 3. The summed E-state index contributed by atoms with van der Waals surface area (Å²) < 4.78 is 5.66. The fraction of sp³-hybridized carbons (Fsp3) is 0.133. The predicted molar refractivity (Wildman–Crippen MR) is 75.3 cm³/mol. The van der Waals surface area contributed by atoms with Gasteiger partial charge in [0, 0.05) is 5.69 Å². The van der Waals surface area contributed by atoms with Crippen molar-refractivity contribution in [2.75, 3.05) is 5.73 Å². The van der Waals surface area contributed by atoms with Gasteiger partial charge in [0.2, 0.25) is 0 Å². The molecule has 2 rings (SSSR count). The number of amides is 1. The number of ether oxygens (including phenoxy) is 1. The van der Waals surface area contributed by atoms with E-state index in [0.29, 0.717) is 17.2 Å². The van der Waals surface area contributed by atoms with Crippen LogP contribution in [-0.4, -0.2) is 5.91 Å². The molecular weight excluding hydrogens is 240 g/mol. The van der Waals surface area contributed by atoms with Crippen molar-refractivity contribution in [2.24, 2.45) is 5.73 Å². The molecule has 0 atom stereocenters. The van der Waals surface area contributed by atoms with Crippen molar-refractivity contribution in [2.45, 2.75) is 13.3 Å². The lowest BCUT2D eigenvalue weighted by atomic mass is 10.1. The number of anilines is 1. The summed E-state index contributed by atoms with van der Waals surface area (Å²) in [5, 5.41) is 0. The first-order chi connectivity index (χ1) is 9.10. The quantitative estimate of drug-likeness (QED) is 0.825. The van der Waals surface area contributed by atoms with E-state index in [9.17, 15) is 4.79 Å². The van der Waals surface area contributed by atoms with Gasteiger partial charge in [-0.15, -0.1) is 0 Å². The van der Waals surface area contributed by atoms with Crippen LogP contribution in [0.15, 0.2) is 42.5 Å². The van der Waals surface area contributed by atoms with Crippen LogP contribution in [0.3, 0.4) is 0 Å². The van der Waals surface area contributed by atoms with E-state index in [0.717, 1.165) is 6.42 Å². The summed E-state index contributed by atoms with van der Waals surface area (Å²) in [4.78, 5) is 11.2. The van der Waals surface area contributed by atoms with Crippen LogP contribution in [0.2, 0.25) is 0 Å². The Morgan fingerprint density at radius 2 is 1.74 bits per heavy atom. The first-order valence-electron chi connectivity index (χ1n) is 6.06. The van der Waals surface area contributed by atoms with Crippen molar-refractivity contribution < 1.29 is 9.53 Å². The molecule has 0 heterocycles. The molecule has 0 aliphatic heterocycles. The average molecular weight is 256 g/mol. The highest BCUT2D eigenvalue weighted by Gasteiger charge is 2.07. The van der Waals surface area contributed by atoms with E-state index in [-0.39, 0.29) is 5.56 Å². The van der Waals surface area contributed by atoms with Gasteiger partial charge in [-0.3, -0.25) is 4.79 Å². The number of aryl methyl sites for hydroxylation is 1. The summed E-state index contributed by atoms with van der Waals surface area (Å²) >= 11 is 0. The highest BCUT2D eigenvalue weighted by molar-refractivity contribution is 5.98. The molecule has 0 aromatic heterocycles. The van der Waals surface area contributed by atoms with Crippen molar-refractivity contribution in [3.05, 3.63) is 53.6 Å². The molecule has 4 heteroatoms. The van der Waals surface area contributed by atoms with Crippen LogP contribution >= 0.6 is 0 Å². The Labute approximate surface area is 112 Å². The Bertz CT molecular complexity index is 592. The van der Waals surface area contributed by atoms with E-state index >= 15 is 0 Å². The van der Waals surface area contributed by atoms with Gasteiger partial charge >= 0.3 is 0 Å². The van der Waals surface area contributed by atoms with E-state index in [4.69, 9.17) is 16.2 Å². The van der Waals surface area contributed by atoms with Crippen molar-refractivity contribution in [3.63, 3.8) is 0 Å². The first-order valence-corrected chi connectivity index (χ1v) is 6.06. The molecule has 1 amide bonds. The molecule has 0 saturated heterocycles. The first kappa shape index (κ1) is 13.0. The summed E-state index contributed by atoms with van der Waals surface area (Å²) in [5.74, 6) is 0.675. The number of benzene rings is 2. The molecule has 2 aromatic rings. The highest BCUT2D eigenvalue weighted by atomic mass is 16.5. The van der Waals surface area contributed by atoms with Crippen LogP contribution in [-0.2, 0) is 6.42 Å². The maximum Gasteiger partial charge on any atom is 0.250 e. The van der Waals surface area contributed by atoms with Gasteiger partial charge in [-0.25, -0.2) is 0 Å². The molecule has 4 N–H and O–H groups in total.